The van der Waals surface area contributed by atoms with Gasteiger partial charge in [0.15, 0.2) is 0 Å². The molecule has 140 valence electrons. The topological polar surface area (TPSA) is 72.5 Å². The number of nitrogens with one attached hydrogen (secondary N) is 1. The summed E-state index contributed by atoms with van der Waals surface area (Å²) in [4.78, 5) is 23.9. The van der Waals surface area contributed by atoms with Crippen LogP contribution in [0.2, 0.25) is 0 Å². The van der Waals surface area contributed by atoms with Crippen molar-refractivity contribution in [1.82, 2.24) is 19.8 Å². The molecule has 3 aromatic rings. The average molecular weight is 429 g/mol. The van der Waals surface area contributed by atoms with Crippen molar-refractivity contribution < 1.29 is 9.90 Å². The molecule has 6 nitrogen and oxygen atoms in total. The quantitative estimate of drug-likeness (QED) is 0.652. The van der Waals surface area contributed by atoms with Crippen LogP contribution < -0.4 is 0 Å². The van der Waals surface area contributed by atoms with Gasteiger partial charge in [-0.25, -0.2) is 0 Å². The lowest BCUT2D eigenvalue weighted by atomic mass is 10.0. The zero-order valence-corrected chi connectivity index (χ0v) is 16.4. The Morgan fingerprint density at radius 3 is 2.78 bits per heavy atom. The molecule has 7 heteroatoms. The van der Waals surface area contributed by atoms with Gasteiger partial charge >= 0.3 is 5.97 Å². The molecule has 0 bridgehead atoms. The van der Waals surface area contributed by atoms with Crippen LogP contribution in [0.25, 0.3) is 10.9 Å². The molecular formula is C20H21BrN4O2. The number of hydrogen-bond donors (Lipinski definition) is 2. The van der Waals surface area contributed by atoms with Crippen LogP contribution in [0.4, 0.5) is 0 Å². The molecule has 0 spiro atoms. The van der Waals surface area contributed by atoms with E-state index in [9.17, 15) is 9.90 Å². The lowest BCUT2D eigenvalue weighted by Crippen LogP contribution is -2.48. The number of aromatic amines is 1. The molecular weight excluding hydrogens is 408 g/mol. The Morgan fingerprint density at radius 1 is 1.26 bits per heavy atom. The Bertz CT molecular complexity index is 936. The summed E-state index contributed by atoms with van der Waals surface area (Å²) in [5.41, 5.74) is 2.95. The summed E-state index contributed by atoms with van der Waals surface area (Å²) >= 11 is 3.46. The summed E-state index contributed by atoms with van der Waals surface area (Å²) < 4.78 is 0.972. The summed E-state index contributed by atoms with van der Waals surface area (Å²) in [5, 5.41) is 10.9. The second-order valence-electron chi connectivity index (χ2n) is 6.85. The number of pyridine rings is 1. The number of benzene rings is 1. The maximum atomic E-state index is 12.1. The van der Waals surface area contributed by atoms with E-state index in [1.54, 1.807) is 6.20 Å². The third-order valence-electron chi connectivity index (χ3n) is 5.11. The molecule has 1 atom stereocenters. The first-order valence-electron chi connectivity index (χ1n) is 8.96. The van der Waals surface area contributed by atoms with E-state index in [1.165, 1.54) is 5.56 Å². The van der Waals surface area contributed by atoms with Gasteiger partial charge in [-0.2, -0.15) is 0 Å². The average Bonchev–Trinajstić information content (AvgIpc) is 3.06. The fourth-order valence-corrected chi connectivity index (χ4v) is 4.12. The van der Waals surface area contributed by atoms with E-state index in [1.807, 2.05) is 36.7 Å². The van der Waals surface area contributed by atoms with Gasteiger partial charge in [0.25, 0.3) is 0 Å². The normalized spacial score (nSPS) is 17.2. The Labute approximate surface area is 165 Å². The number of aromatic nitrogens is 2. The van der Waals surface area contributed by atoms with Crippen LogP contribution in [0.3, 0.4) is 0 Å². The number of hydrogen-bond acceptors (Lipinski definition) is 4. The number of nitrogens with zero attached hydrogens (tertiary/aromatic N) is 3. The van der Waals surface area contributed by atoms with Gasteiger partial charge in [-0.1, -0.05) is 28.1 Å². The molecule has 2 aromatic heterocycles. The molecule has 3 heterocycles. The maximum Gasteiger partial charge on any atom is 0.325 e. The van der Waals surface area contributed by atoms with E-state index in [0.717, 1.165) is 53.7 Å². The van der Waals surface area contributed by atoms with Crippen LogP contribution in [0, 0.1) is 0 Å². The SMILES string of the molecule is O=C(O)[C@H](c1c[nH]c2cc(Br)ccc12)N1CCN(Cc2cccnc2)CC1. The van der Waals surface area contributed by atoms with Crippen molar-refractivity contribution in [3.05, 3.63) is 64.5 Å². The van der Waals surface area contributed by atoms with Gasteiger partial charge in [-0.15, -0.1) is 0 Å². The van der Waals surface area contributed by atoms with Crippen LogP contribution in [-0.4, -0.2) is 57.0 Å². The summed E-state index contributed by atoms with van der Waals surface area (Å²) in [6.07, 6.45) is 5.49. The van der Waals surface area contributed by atoms with Gasteiger partial charge in [0, 0.05) is 72.3 Å². The molecule has 1 aromatic carbocycles. The minimum atomic E-state index is -0.806. The van der Waals surface area contributed by atoms with Crippen molar-refractivity contribution in [3.8, 4) is 0 Å². The zero-order chi connectivity index (χ0) is 18.8. The number of carbonyl (C=O) groups is 1. The lowest BCUT2D eigenvalue weighted by molar-refractivity contribution is -0.144. The van der Waals surface area contributed by atoms with Crippen molar-refractivity contribution in [3.63, 3.8) is 0 Å². The predicted octanol–water partition coefficient (Wildman–Crippen LogP) is 3.27. The van der Waals surface area contributed by atoms with Crippen LogP contribution in [-0.2, 0) is 11.3 Å². The number of aliphatic carboxylic acids is 1. The van der Waals surface area contributed by atoms with Gasteiger partial charge in [0.2, 0.25) is 0 Å². The highest BCUT2D eigenvalue weighted by atomic mass is 79.9. The molecule has 27 heavy (non-hydrogen) atoms. The van der Waals surface area contributed by atoms with Crippen molar-refractivity contribution in [2.75, 3.05) is 26.2 Å². The summed E-state index contributed by atoms with van der Waals surface area (Å²) in [5.74, 6) is -0.806. The van der Waals surface area contributed by atoms with Crippen molar-refractivity contribution >= 4 is 32.8 Å². The lowest BCUT2D eigenvalue weighted by Gasteiger charge is -2.37. The van der Waals surface area contributed by atoms with E-state index in [4.69, 9.17) is 0 Å². The number of carboxylic acid groups (broad SMARTS) is 1. The molecule has 4 rings (SSSR count). The summed E-state index contributed by atoms with van der Waals surface area (Å²) in [6.45, 7) is 3.97. The highest BCUT2D eigenvalue weighted by molar-refractivity contribution is 9.10. The van der Waals surface area contributed by atoms with Crippen LogP contribution in [0.15, 0.2) is 53.4 Å². The monoisotopic (exact) mass is 428 g/mol. The zero-order valence-electron chi connectivity index (χ0n) is 14.8. The molecule has 2 N–H and O–H groups in total. The molecule has 0 unspecified atom stereocenters. The molecule has 1 fully saturated rings. The fraction of sp³-hybridized carbons (Fsp3) is 0.300. The number of carboxylic acids is 1. The van der Waals surface area contributed by atoms with Crippen LogP contribution in [0.1, 0.15) is 17.2 Å². The first kappa shape index (κ1) is 18.2. The van der Waals surface area contributed by atoms with E-state index in [-0.39, 0.29) is 0 Å². The summed E-state index contributed by atoms with van der Waals surface area (Å²) in [7, 11) is 0. The van der Waals surface area contributed by atoms with Gasteiger partial charge in [0.05, 0.1) is 0 Å². The van der Waals surface area contributed by atoms with Gasteiger partial charge in [0.1, 0.15) is 6.04 Å². The number of piperazine rings is 1. The van der Waals surface area contributed by atoms with Gasteiger partial charge in [-0.05, 0) is 23.8 Å². The first-order valence-corrected chi connectivity index (χ1v) is 9.76. The molecule has 1 aliphatic rings. The van der Waals surface area contributed by atoms with Crippen molar-refractivity contribution in [2.24, 2.45) is 0 Å². The molecule has 1 saturated heterocycles. The summed E-state index contributed by atoms with van der Waals surface area (Å²) in [6, 6.07) is 9.28. The number of halogens is 1. The molecule has 0 radical (unpaired) electrons. The molecule has 1 aliphatic heterocycles. The number of fused-ring (bicyclic) bond motifs is 1. The van der Waals surface area contributed by atoms with E-state index >= 15 is 0 Å². The second-order valence-corrected chi connectivity index (χ2v) is 7.76. The fourth-order valence-electron chi connectivity index (χ4n) is 3.76. The Kier molecular flexibility index (Phi) is 5.24. The van der Waals surface area contributed by atoms with Crippen LogP contribution in [0.5, 0.6) is 0 Å². The van der Waals surface area contributed by atoms with Crippen molar-refractivity contribution in [1.29, 1.82) is 0 Å². The highest BCUT2D eigenvalue weighted by Crippen LogP contribution is 2.31. The number of H-pyrrole nitrogens is 1. The minimum absolute atomic E-state index is 0.638. The van der Waals surface area contributed by atoms with E-state index in [0.29, 0.717) is 0 Å². The van der Waals surface area contributed by atoms with Gasteiger partial charge in [-0.3, -0.25) is 19.6 Å². The standard InChI is InChI=1S/C20H21BrN4O2/c21-15-3-4-16-17(12-23-18(16)10-15)19(20(26)27)25-8-6-24(7-9-25)13-14-2-1-5-22-11-14/h1-5,10-12,19,23H,6-9,13H2,(H,26,27)/t19-/m0/s1. The van der Waals surface area contributed by atoms with Crippen molar-refractivity contribution in [2.45, 2.75) is 12.6 Å². The highest BCUT2D eigenvalue weighted by Gasteiger charge is 2.32. The van der Waals surface area contributed by atoms with Gasteiger partial charge < -0.3 is 10.1 Å². The number of rotatable bonds is 5. The second kappa shape index (κ2) is 7.80. The maximum absolute atomic E-state index is 12.1. The Balaban J connectivity index is 1.49. The molecule has 0 amide bonds. The minimum Gasteiger partial charge on any atom is -0.480 e. The molecule has 0 aliphatic carbocycles. The van der Waals surface area contributed by atoms with E-state index in [2.05, 4.69) is 41.8 Å². The third-order valence-corrected chi connectivity index (χ3v) is 5.60. The Hall–Kier alpha value is -2.22. The van der Waals surface area contributed by atoms with Crippen LogP contribution >= 0.6 is 15.9 Å². The van der Waals surface area contributed by atoms with E-state index < -0.39 is 12.0 Å². The predicted molar refractivity (Wildman–Crippen MR) is 107 cm³/mol. The Morgan fingerprint density at radius 2 is 2.07 bits per heavy atom. The smallest absolute Gasteiger partial charge is 0.325 e. The first-order chi connectivity index (χ1) is 13.1. The molecule has 0 saturated carbocycles. The third kappa shape index (κ3) is 3.90. The largest absolute Gasteiger partial charge is 0.480 e.